The number of amides is 1. The van der Waals surface area contributed by atoms with E-state index in [-0.39, 0.29) is 0 Å². The van der Waals surface area contributed by atoms with Gasteiger partial charge in [0.15, 0.2) is 0 Å². The average molecular weight is 173 g/mol. The summed E-state index contributed by atoms with van der Waals surface area (Å²) < 4.78 is 0. The van der Waals surface area contributed by atoms with Gasteiger partial charge in [-0.15, -0.1) is 0 Å². The molecule has 1 aliphatic rings. The molecule has 0 aliphatic heterocycles. The predicted octanol–water partition coefficient (Wildman–Crippen LogP) is 0.529. The van der Waals surface area contributed by atoms with Crippen LogP contribution in [0, 0.1) is 0 Å². The lowest BCUT2D eigenvalue weighted by atomic mass is 9.84. The molecule has 0 atom stereocenters. The molecule has 1 aliphatic carbocycles. The number of nitrogens with zero attached hydrogens (tertiary/aromatic N) is 1. The molecular weight excluding hydrogens is 158 g/mol. The third-order valence-corrected chi connectivity index (χ3v) is 2.37. The minimum absolute atomic E-state index is 0.469. The van der Waals surface area contributed by atoms with Gasteiger partial charge in [0.2, 0.25) is 0 Å². The van der Waals surface area contributed by atoms with Crippen LogP contribution in [-0.4, -0.2) is 33.9 Å². The number of hydrogen-bond donors (Lipinski definition) is 2. The first-order valence-corrected chi connectivity index (χ1v) is 4.26. The molecule has 1 amide bonds. The van der Waals surface area contributed by atoms with E-state index in [1.54, 1.807) is 0 Å². The van der Waals surface area contributed by atoms with Gasteiger partial charge in [0.1, 0.15) is 5.60 Å². The molecule has 1 fully saturated rings. The molecule has 0 aromatic heterocycles. The van der Waals surface area contributed by atoms with Crippen molar-refractivity contribution in [3.8, 4) is 0 Å². The number of aliphatic hydroxyl groups is 1. The first-order chi connectivity index (χ1) is 5.56. The molecule has 0 unspecified atom stereocenters. The average Bonchev–Trinajstić information content (AvgIpc) is 2.04. The third-order valence-electron chi connectivity index (χ3n) is 2.37. The normalized spacial score (nSPS) is 21.9. The second kappa shape index (κ2) is 3.41. The molecular formula is C8H15NO3. The minimum Gasteiger partial charge on any atom is -0.380 e. The molecule has 70 valence electrons. The number of hydrogen-bond acceptors (Lipinski definition) is 3. The van der Waals surface area contributed by atoms with Gasteiger partial charge in [-0.05, 0) is 12.8 Å². The highest BCUT2D eigenvalue weighted by Crippen LogP contribution is 2.28. The van der Waals surface area contributed by atoms with Gasteiger partial charge in [-0.3, -0.25) is 10.0 Å². The number of rotatable bonds is 1. The SMILES string of the molecule is CN(O)C(=O)C1(O)CCCCC1. The third kappa shape index (κ3) is 1.76. The van der Waals surface area contributed by atoms with Crippen molar-refractivity contribution in [3.63, 3.8) is 0 Å². The van der Waals surface area contributed by atoms with E-state index in [1.165, 1.54) is 7.05 Å². The Morgan fingerprint density at radius 2 is 1.83 bits per heavy atom. The summed E-state index contributed by atoms with van der Waals surface area (Å²) in [7, 11) is 1.24. The van der Waals surface area contributed by atoms with Crippen molar-refractivity contribution in [1.29, 1.82) is 0 Å². The van der Waals surface area contributed by atoms with Gasteiger partial charge < -0.3 is 5.11 Å². The zero-order valence-electron chi connectivity index (χ0n) is 7.29. The molecule has 1 saturated carbocycles. The topological polar surface area (TPSA) is 60.8 Å². The summed E-state index contributed by atoms with van der Waals surface area (Å²) in [5, 5.41) is 19.1. The zero-order valence-corrected chi connectivity index (χ0v) is 7.29. The van der Waals surface area contributed by atoms with Gasteiger partial charge in [0.25, 0.3) is 5.91 Å². The molecule has 4 heteroatoms. The van der Waals surface area contributed by atoms with Crippen LogP contribution < -0.4 is 0 Å². The van der Waals surface area contributed by atoms with Crippen LogP contribution in [0.15, 0.2) is 0 Å². The monoisotopic (exact) mass is 173 g/mol. The Balaban J connectivity index is 2.62. The summed E-state index contributed by atoms with van der Waals surface area (Å²) in [6.45, 7) is 0. The fourth-order valence-electron chi connectivity index (χ4n) is 1.65. The summed E-state index contributed by atoms with van der Waals surface area (Å²) in [5.41, 5.74) is -1.30. The van der Waals surface area contributed by atoms with E-state index < -0.39 is 11.5 Å². The predicted molar refractivity (Wildman–Crippen MR) is 42.6 cm³/mol. The fourth-order valence-corrected chi connectivity index (χ4v) is 1.65. The summed E-state index contributed by atoms with van der Waals surface area (Å²) >= 11 is 0. The van der Waals surface area contributed by atoms with E-state index in [1.807, 2.05) is 0 Å². The molecule has 0 saturated heterocycles. The first kappa shape index (κ1) is 9.48. The highest BCUT2D eigenvalue weighted by atomic mass is 16.5. The van der Waals surface area contributed by atoms with Crippen LogP contribution >= 0.6 is 0 Å². The van der Waals surface area contributed by atoms with Crippen LogP contribution in [0.5, 0.6) is 0 Å². The molecule has 2 N–H and O–H groups in total. The van der Waals surface area contributed by atoms with E-state index in [9.17, 15) is 9.90 Å². The molecule has 0 bridgehead atoms. The van der Waals surface area contributed by atoms with Crippen molar-refractivity contribution >= 4 is 5.91 Å². The molecule has 12 heavy (non-hydrogen) atoms. The molecule has 4 nitrogen and oxygen atoms in total. The largest absolute Gasteiger partial charge is 0.380 e. The Morgan fingerprint density at radius 3 is 2.25 bits per heavy atom. The van der Waals surface area contributed by atoms with E-state index in [4.69, 9.17) is 5.21 Å². The van der Waals surface area contributed by atoms with Crippen molar-refractivity contribution in [2.75, 3.05) is 7.05 Å². The van der Waals surface area contributed by atoms with Crippen LogP contribution in [0.2, 0.25) is 0 Å². The van der Waals surface area contributed by atoms with Crippen LogP contribution in [0.25, 0.3) is 0 Å². The number of hydroxylamine groups is 2. The Kier molecular flexibility index (Phi) is 2.69. The van der Waals surface area contributed by atoms with Crippen LogP contribution in [-0.2, 0) is 4.79 Å². The maximum atomic E-state index is 11.2. The van der Waals surface area contributed by atoms with E-state index >= 15 is 0 Å². The maximum absolute atomic E-state index is 11.2. The second-order valence-corrected chi connectivity index (χ2v) is 3.42. The van der Waals surface area contributed by atoms with Gasteiger partial charge in [0.05, 0.1) is 0 Å². The molecule has 0 aromatic carbocycles. The Hall–Kier alpha value is -0.610. The Morgan fingerprint density at radius 1 is 1.33 bits per heavy atom. The molecule has 0 radical (unpaired) electrons. The lowest BCUT2D eigenvalue weighted by Gasteiger charge is -2.31. The van der Waals surface area contributed by atoms with Gasteiger partial charge >= 0.3 is 0 Å². The second-order valence-electron chi connectivity index (χ2n) is 3.42. The highest BCUT2D eigenvalue weighted by Gasteiger charge is 2.38. The summed E-state index contributed by atoms with van der Waals surface area (Å²) in [6, 6.07) is 0. The number of likely N-dealkylation sites (N-methyl/N-ethyl adjacent to an activating group) is 1. The van der Waals surface area contributed by atoms with E-state index in [2.05, 4.69) is 0 Å². The first-order valence-electron chi connectivity index (χ1n) is 4.26. The lowest BCUT2D eigenvalue weighted by molar-refractivity contribution is -0.183. The summed E-state index contributed by atoms with van der Waals surface area (Å²) in [4.78, 5) is 11.2. The van der Waals surface area contributed by atoms with Crippen molar-refractivity contribution in [3.05, 3.63) is 0 Å². The van der Waals surface area contributed by atoms with Crippen molar-refractivity contribution in [2.45, 2.75) is 37.7 Å². The highest BCUT2D eigenvalue weighted by molar-refractivity contribution is 5.83. The lowest BCUT2D eigenvalue weighted by Crippen LogP contribution is -2.47. The summed E-state index contributed by atoms with van der Waals surface area (Å²) in [6.07, 6.45) is 3.71. The van der Waals surface area contributed by atoms with Crippen molar-refractivity contribution < 1.29 is 15.1 Å². The van der Waals surface area contributed by atoms with Crippen LogP contribution in [0.1, 0.15) is 32.1 Å². The zero-order chi connectivity index (χ0) is 9.19. The Labute approximate surface area is 71.8 Å². The maximum Gasteiger partial charge on any atom is 0.277 e. The van der Waals surface area contributed by atoms with Gasteiger partial charge in [0, 0.05) is 7.05 Å². The van der Waals surface area contributed by atoms with Crippen molar-refractivity contribution in [1.82, 2.24) is 5.06 Å². The minimum atomic E-state index is -1.30. The standard InChI is InChI=1S/C8H15NO3/c1-9(12)7(10)8(11)5-3-2-4-6-8/h11-12H,2-6H2,1H3. The fraction of sp³-hybridized carbons (Fsp3) is 0.875. The number of carbonyl (C=O) groups is 1. The smallest absolute Gasteiger partial charge is 0.277 e. The Bertz CT molecular complexity index is 173. The molecule has 0 aromatic rings. The molecule has 0 heterocycles. The number of carbonyl (C=O) groups excluding carboxylic acids is 1. The van der Waals surface area contributed by atoms with Gasteiger partial charge in [-0.25, -0.2) is 5.06 Å². The van der Waals surface area contributed by atoms with Crippen molar-refractivity contribution in [2.24, 2.45) is 0 Å². The molecule has 0 spiro atoms. The van der Waals surface area contributed by atoms with Crippen LogP contribution in [0.3, 0.4) is 0 Å². The van der Waals surface area contributed by atoms with Crippen LogP contribution in [0.4, 0.5) is 0 Å². The summed E-state index contributed by atoms with van der Waals surface area (Å²) in [5.74, 6) is -0.581. The van der Waals surface area contributed by atoms with Gasteiger partial charge in [-0.2, -0.15) is 0 Å². The van der Waals surface area contributed by atoms with E-state index in [0.717, 1.165) is 19.3 Å². The van der Waals surface area contributed by atoms with Gasteiger partial charge in [-0.1, -0.05) is 19.3 Å². The quantitative estimate of drug-likeness (QED) is 0.449. The van der Waals surface area contributed by atoms with E-state index in [0.29, 0.717) is 17.9 Å². The molecule has 1 rings (SSSR count).